The molecular weight excluding hydrogens is 494 g/mol. The van der Waals surface area contributed by atoms with Gasteiger partial charge < -0.3 is 18.9 Å². The van der Waals surface area contributed by atoms with Crippen LogP contribution in [0.4, 0.5) is 4.79 Å². The average molecular weight is 528 g/mol. The van der Waals surface area contributed by atoms with Crippen LogP contribution in [0.1, 0.15) is 36.3 Å². The van der Waals surface area contributed by atoms with Crippen molar-refractivity contribution in [1.29, 1.82) is 0 Å². The molecule has 3 aromatic rings. The number of fused-ring (bicyclic) bond motifs is 5. The highest BCUT2D eigenvalue weighted by molar-refractivity contribution is 5.82. The van der Waals surface area contributed by atoms with Crippen molar-refractivity contribution in [1.82, 2.24) is 4.90 Å². The van der Waals surface area contributed by atoms with Crippen molar-refractivity contribution in [3.05, 3.63) is 83.9 Å². The van der Waals surface area contributed by atoms with Crippen LogP contribution in [0.25, 0.3) is 11.1 Å². The lowest BCUT2D eigenvalue weighted by molar-refractivity contribution is -0.131. The van der Waals surface area contributed by atoms with E-state index in [0.717, 1.165) is 0 Å². The number of carbonyl (C=O) groups is 2. The van der Waals surface area contributed by atoms with Gasteiger partial charge in [0.15, 0.2) is 11.5 Å². The highest BCUT2D eigenvalue weighted by Gasteiger charge is 2.44. The number of ether oxygens (including phenoxy) is 4. The standard InChI is InChI=1S/C32H33NO6/c1-36-30-12-6-7-13-31(30)38-15-14-29(34)21-16-22-18-37-19-23(17-21)33(22)32(35)39-20-28-26-10-4-2-8-24(26)25-9-3-5-11-27(25)28/h2-13,21-23,28H,14-20H2,1H3. The Morgan fingerprint density at radius 1 is 0.846 bits per heavy atom. The van der Waals surface area contributed by atoms with E-state index in [2.05, 4.69) is 24.3 Å². The summed E-state index contributed by atoms with van der Waals surface area (Å²) in [5.41, 5.74) is 4.78. The number of rotatable bonds is 8. The number of benzene rings is 3. The lowest BCUT2D eigenvalue weighted by Crippen LogP contribution is -2.60. The molecule has 6 rings (SSSR count). The van der Waals surface area contributed by atoms with Gasteiger partial charge in [0.2, 0.25) is 0 Å². The molecule has 7 nitrogen and oxygen atoms in total. The van der Waals surface area contributed by atoms with Gasteiger partial charge >= 0.3 is 6.09 Å². The van der Waals surface area contributed by atoms with Gasteiger partial charge in [-0.2, -0.15) is 0 Å². The third-order valence-corrected chi connectivity index (χ3v) is 8.20. The predicted molar refractivity (Wildman–Crippen MR) is 146 cm³/mol. The summed E-state index contributed by atoms with van der Waals surface area (Å²) < 4.78 is 22.9. The molecule has 1 amide bonds. The molecule has 2 saturated heterocycles. The molecule has 7 heteroatoms. The van der Waals surface area contributed by atoms with Gasteiger partial charge in [0.25, 0.3) is 0 Å². The normalized spacial score (nSPS) is 21.6. The molecule has 2 unspecified atom stereocenters. The van der Waals surface area contributed by atoms with Crippen molar-refractivity contribution in [2.75, 3.05) is 33.5 Å². The number of ketones is 1. The monoisotopic (exact) mass is 527 g/mol. The van der Waals surface area contributed by atoms with Crippen LogP contribution in [0.5, 0.6) is 11.5 Å². The molecule has 0 spiro atoms. The third-order valence-electron chi connectivity index (χ3n) is 8.20. The molecule has 2 heterocycles. The maximum Gasteiger partial charge on any atom is 0.410 e. The van der Waals surface area contributed by atoms with Gasteiger partial charge in [0, 0.05) is 18.3 Å². The van der Waals surface area contributed by atoms with E-state index in [9.17, 15) is 9.59 Å². The molecular formula is C32H33NO6. The molecule has 39 heavy (non-hydrogen) atoms. The summed E-state index contributed by atoms with van der Waals surface area (Å²) in [5, 5.41) is 0. The Labute approximate surface area is 228 Å². The first-order valence-corrected chi connectivity index (χ1v) is 13.6. The Morgan fingerprint density at radius 2 is 1.44 bits per heavy atom. The van der Waals surface area contributed by atoms with Crippen LogP contribution in [0.15, 0.2) is 72.8 Å². The number of carbonyl (C=O) groups excluding carboxylic acids is 2. The van der Waals surface area contributed by atoms with Crippen LogP contribution in [0.2, 0.25) is 0 Å². The fraction of sp³-hybridized carbons (Fsp3) is 0.375. The van der Waals surface area contributed by atoms with Crippen molar-refractivity contribution < 1.29 is 28.5 Å². The van der Waals surface area contributed by atoms with Crippen LogP contribution in [-0.4, -0.2) is 62.4 Å². The molecule has 2 aliphatic heterocycles. The molecule has 2 atom stereocenters. The molecule has 1 aliphatic carbocycles. The van der Waals surface area contributed by atoms with E-state index in [4.69, 9.17) is 18.9 Å². The quantitative estimate of drug-likeness (QED) is 0.387. The average Bonchev–Trinajstić information content (AvgIpc) is 3.29. The molecule has 2 bridgehead atoms. The lowest BCUT2D eigenvalue weighted by atomic mass is 9.82. The second kappa shape index (κ2) is 11.1. The maximum absolute atomic E-state index is 13.4. The molecule has 0 radical (unpaired) electrons. The van der Waals surface area contributed by atoms with Crippen LogP contribution < -0.4 is 9.47 Å². The second-order valence-electron chi connectivity index (χ2n) is 10.4. The molecule has 0 saturated carbocycles. The highest BCUT2D eigenvalue weighted by Crippen LogP contribution is 2.44. The van der Waals surface area contributed by atoms with Gasteiger partial charge in [-0.15, -0.1) is 0 Å². The summed E-state index contributed by atoms with van der Waals surface area (Å²) in [4.78, 5) is 28.3. The number of nitrogens with zero attached hydrogens (tertiary/aromatic N) is 1. The van der Waals surface area contributed by atoms with E-state index in [1.807, 2.05) is 53.4 Å². The maximum atomic E-state index is 13.4. The van der Waals surface area contributed by atoms with Crippen molar-refractivity contribution in [3.63, 3.8) is 0 Å². The van der Waals surface area contributed by atoms with Crippen LogP contribution >= 0.6 is 0 Å². The summed E-state index contributed by atoms with van der Waals surface area (Å²) in [5.74, 6) is 1.33. The smallest absolute Gasteiger partial charge is 0.410 e. The van der Waals surface area contributed by atoms with E-state index < -0.39 is 0 Å². The van der Waals surface area contributed by atoms with E-state index in [0.29, 0.717) is 44.0 Å². The van der Waals surface area contributed by atoms with E-state index in [-0.39, 0.29) is 49.0 Å². The molecule has 3 aliphatic rings. The molecule has 0 aromatic heterocycles. The Morgan fingerprint density at radius 3 is 2.08 bits per heavy atom. The van der Waals surface area contributed by atoms with Gasteiger partial charge in [0.05, 0.1) is 39.0 Å². The molecule has 0 N–H and O–H groups in total. The first-order chi connectivity index (χ1) is 19.1. The predicted octanol–water partition coefficient (Wildman–Crippen LogP) is 5.46. The molecule has 202 valence electrons. The molecule has 3 aromatic carbocycles. The van der Waals surface area contributed by atoms with Crippen molar-refractivity contribution >= 4 is 11.9 Å². The Kier molecular flexibility index (Phi) is 7.24. The number of para-hydroxylation sites is 2. The summed E-state index contributed by atoms with van der Waals surface area (Å²) in [7, 11) is 1.60. The van der Waals surface area contributed by atoms with Gasteiger partial charge in [0.1, 0.15) is 12.4 Å². The van der Waals surface area contributed by atoms with E-state index in [1.54, 1.807) is 7.11 Å². The van der Waals surface area contributed by atoms with E-state index >= 15 is 0 Å². The first-order valence-electron chi connectivity index (χ1n) is 13.6. The summed E-state index contributed by atoms with van der Waals surface area (Å²) >= 11 is 0. The van der Waals surface area contributed by atoms with Crippen molar-refractivity contribution in [2.45, 2.75) is 37.3 Å². The lowest BCUT2D eigenvalue weighted by Gasteiger charge is -2.47. The third kappa shape index (κ3) is 4.99. The largest absolute Gasteiger partial charge is 0.493 e. The van der Waals surface area contributed by atoms with Gasteiger partial charge in [-0.05, 0) is 47.2 Å². The number of Topliss-reactive ketones (excluding diaryl/α,β-unsaturated/α-hetero) is 1. The van der Waals surface area contributed by atoms with Crippen molar-refractivity contribution in [3.8, 4) is 22.6 Å². The second-order valence-corrected chi connectivity index (χ2v) is 10.4. The van der Waals surface area contributed by atoms with Gasteiger partial charge in [-0.1, -0.05) is 60.7 Å². The zero-order valence-corrected chi connectivity index (χ0v) is 22.1. The SMILES string of the molecule is COc1ccccc1OCCC(=O)C1CC2COCC(C1)N2C(=O)OCC1c2ccccc2-c2ccccc21. The summed E-state index contributed by atoms with van der Waals surface area (Å²) in [6, 6.07) is 23.7. The number of piperidine rings is 1. The van der Waals surface area contributed by atoms with Gasteiger partial charge in [-0.3, -0.25) is 9.69 Å². The minimum atomic E-state index is -0.319. The number of hydrogen-bond acceptors (Lipinski definition) is 6. The minimum Gasteiger partial charge on any atom is -0.493 e. The van der Waals surface area contributed by atoms with E-state index in [1.165, 1.54) is 22.3 Å². The Hall–Kier alpha value is -3.84. The highest BCUT2D eigenvalue weighted by atomic mass is 16.6. The van der Waals surface area contributed by atoms with Gasteiger partial charge in [-0.25, -0.2) is 4.79 Å². The first kappa shape index (κ1) is 25.4. The van der Waals surface area contributed by atoms with Crippen LogP contribution in [0.3, 0.4) is 0 Å². The molecule has 2 fully saturated rings. The number of hydrogen-bond donors (Lipinski definition) is 0. The summed E-state index contributed by atoms with van der Waals surface area (Å²) in [6.07, 6.45) is 1.15. The van der Waals surface area contributed by atoms with Crippen LogP contribution in [0, 0.1) is 5.92 Å². The van der Waals surface area contributed by atoms with Crippen LogP contribution in [-0.2, 0) is 14.3 Å². The fourth-order valence-electron chi connectivity index (χ4n) is 6.35. The zero-order chi connectivity index (χ0) is 26.8. The Bertz CT molecular complexity index is 1300. The zero-order valence-electron chi connectivity index (χ0n) is 22.1. The number of morpholine rings is 1. The minimum absolute atomic E-state index is 0.0137. The number of amides is 1. The topological polar surface area (TPSA) is 74.3 Å². The number of methoxy groups -OCH3 is 1. The Balaban J connectivity index is 1.06. The summed E-state index contributed by atoms with van der Waals surface area (Å²) in [6.45, 7) is 1.41. The fourth-order valence-corrected chi connectivity index (χ4v) is 6.35. The van der Waals surface area contributed by atoms with Crippen molar-refractivity contribution in [2.24, 2.45) is 5.92 Å².